The SMILES string of the molecule is CCn1cc(CN2CCN(C(=S)Nc3cccc(Cl)c3)CC2)c(C)n1. The third-order valence-electron chi connectivity index (χ3n) is 4.50. The average Bonchev–Trinajstić information content (AvgIpc) is 2.95. The molecule has 0 atom stereocenters. The van der Waals surface area contributed by atoms with E-state index in [2.05, 4.69) is 40.3 Å². The second-order valence-corrected chi connectivity index (χ2v) is 7.12. The van der Waals surface area contributed by atoms with Crippen molar-refractivity contribution in [2.24, 2.45) is 0 Å². The molecule has 0 amide bonds. The van der Waals surface area contributed by atoms with Gasteiger partial charge < -0.3 is 10.2 Å². The molecule has 0 unspecified atom stereocenters. The van der Waals surface area contributed by atoms with E-state index in [-0.39, 0.29) is 0 Å². The van der Waals surface area contributed by atoms with Crippen LogP contribution in [0, 0.1) is 6.92 Å². The molecule has 1 fully saturated rings. The van der Waals surface area contributed by atoms with Gasteiger partial charge in [0.05, 0.1) is 5.69 Å². The van der Waals surface area contributed by atoms with Crippen LogP contribution in [0.1, 0.15) is 18.2 Å². The van der Waals surface area contributed by atoms with E-state index in [1.165, 1.54) is 5.56 Å². The van der Waals surface area contributed by atoms with Crippen molar-refractivity contribution in [3.63, 3.8) is 0 Å². The maximum atomic E-state index is 6.02. The van der Waals surface area contributed by atoms with Crippen molar-refractivity contribution >= 4 is 34.6 Å². The Kier molecular flexibility index (Phi) is 5.93. The summed E-state index contributed by atoms with van der Waals surface area (Å²) < 4.78 is 2.00. The molecule has 0 bridgehead atoms. The van der Waals surface area contributed by atoms with Crippen molar-refractivity contribution < 1.29 is 0 Å². The Labute approximate surface area is 159 Å². The maximum absolute atomic E-state index is 6.02. The summed E-state index contributed by atoms with van der Waals surface area (Å²) in [4.78, 5) is 4.68. The van der Waals surface area contributed by atoms with Crippen LogP contribution in [0.2, 0.25) is 5.02 Å². The van der Waals surface area contributed by atoms with Crippen LogP contribution in [0.15, 0.2) is 30.5 Å². The number of rotatable bonds is 4. The third kappa shape index (κ3) is 4.71. The lowest BCUT2D eigenvalue weighted by Crippen LogP contribution is -2.49. The third-order valence-corrected chi connectivity index (χ3v) is 5.10. The number of benzene rings is 1. The van der Waals surface area contributed by atoms with Crippen LogP contribution in [0.4, 0.5) is 5.69 Å². The lowest BCUT2D eigenvalue weighted by Gasteiger charge is -2.36. The summed E-state index contributed by atoms with van der Waals surface area (Å²) in [7, 11) is 0. The summed E-state index contributed by atoms with van der Waals surface area (Å²) in [6.45, 7) is 9.90. The zero-order valence-electron chi connectivity index (χ0n) is 14.7. The fourth-order valence-electron chi connectivity index (χ4n) is 3.00. The highest BCUT2D eigenvalue weighted by molar-refractivity contribution is 7.80. The van der Waals surface area contributed by atoms with Crippen molar-refractivity contribution in [2.75, 3.05) is 31.5 Å². The monoisotopic (exact) mass is 377 g/mol. The van der Waals surface area contributed by atoms with Gasteiger partial charge in [-0.2, -0.15) is 5.10 Å². The molecule has 2 heterocycles. The van der Waals surface area contributed by atoms with Gasteiger partial charge in [0.15, 0.2) is 5.11 Å². The smallest absolute Gasteiger partial charge is 0.173 e. The van der Waals surface area contributed by atoms with Gasteiger partial charge in [0.25, 0.3) is 0 Å². The highest BCUT2D eigenvalue weighted by atomic mass is 35.5. The first-order chi connectivity index (χ1) is 12.0. The van der Waals surface area contributed by atoms with Gasteiger partial charge in [-0.15, -0.1) is 0 Å². The Balaban J connectivity index is 1.51. The van der Waals surface area contributed by atoms with Crippen LogP contribution in [0.5, 0.6) is 0 Å². The van der Waals surface area contributed by atoms with Crippen LogP contribution in [0.3, 0.4) is 0 Å². The second-order valence-electron chi connectivity index (χ2n) is 6.30. The fourth-order valence-corrected chi connectivity index (χ4v) is 3.49. The molecule has 1 aromatic heterocycles. The summed E-state index contributed by atoms with van der Waals surface area (Å²) in [5.41, 5.74) is 3.37. The van der Waals surface area contributed by atoms with E-state index in [0.717, 1.165) is 55.8 Å². The molecule has 1 N–H and O–H groups in total. The zero-order valence-corrected chi connectivity index (χ0v) is 16.3. The minimum Gasteiger partial charge on any atom is -0.346 e. The predicted octanol–water partition coefficient (Wildman–Crippen LogP) is 3.38. The number of nitrogens with zero attached hydrogens (tertiary/aromatic N) is 4. The number of anilines is 1. The Morgan fingerprint density at radius 1 is 1.28 bits per heavy atom. The summed E-state index contributed by atoms with van der Waals surface area (Å²) in [5, 5.41) is 9.28. The molecular weight excluding hydrogens is 354 g/mol. The van der Waals surface area contributed by atoms with Gasteiger partial charge in [-0.05, 0) is 44.3 Å². The molecule has 0 aliphatic carbocycles. The quantitative estimate of drug-likeness (QED) is 0.826. The first-order valence-corrected chi connectivity index (χ1v) is 9.40. The van der Waals surface area contributed by atoms with Crippen LogP contribution in [0.25, 0.3) is 0 Å². The lowest BCUT2D eigenvalue weighted by molar-refractivity contribution is 0.176. The average molecular weight is 378 g/mol. The van der Waals surface area contributed by atoms with E-state index in [9.17, 15) is 0 Å². The molecule has 0 spiro atoms. The number of halogens is 1. The first kappa shape index (κ1) is 18.2. The fraction of sp³-hybridized carbons (Fsp3) is 0.444. The van der Waals surface area contributed by atoms with E-state index in [1.807, 2.05) is 28.9 Å². The Hall–Kier alpha value is -1.63. The minimum absolute atomic E-state index is 0.709. The first-order valence-electron chi connectivity index (χ1n) is 8.62. The lowest BCUT2D eigenvalue weighted by atomic mass is 10.2. The summed E-state index contributed by atoms with van der Waals surface area (Å²) >= 11 is 11.6. The molecule has 0 saturated carbocycles. The predicted molar refractivity (Wildman–Crippen MR) is 107 cm³/mol. The molecular formula is C18H24ClN5S. The number of piperazine rings is 1. The van der Waals surface area contributed by atoms with Crippen molar-refractivity contribution in [2.45, 2.75) is 26.9 Å². The number of nitrogens with one attached hydrogen (secondary N) is 1. The van der Waals surface area contributed by atoms with Gasteiger partial charge in [-0.25, -0.2) is 0 Å². The maximum Gasteiger partial charge on any atom is 0.173 e. The van der Waals surface area contributed by atoms with Crippen LogP contribution in [-0.4, -0.2) is 50.9 Å². The van der Waals surface area contributed by atoms with Gasteiger partial charge in [-0.3, -0.25) is 9.58 Å². The molecule has 1 saturated heterocycles. The zero-order chi connectivity index (χ0) is 17.8. The number of hydrogen-bond donors (Lipinski definition) is 1. The molecule has 2 aromatic rings. The Morgan fingerprint density at radius 3 is 2.68 bits per heavy atom. The largest absolute Gasteiger partial charge is 0.346 e. The van der Waals surface area contributed by atoms with Crippen LogP contribution < -0.4 is 5.32 Å². The summed E-state index contributed by atoms with van der Waals surface area (Å²) in [5.74, 6) is 0. The van der Waals surface area contributed by atoms with Crippen LogP contribution in [-0.2, 0) is 13.1 Å². The van der Waals surface area contributed by atoms with Crippen molar-refractivity contribution in [1.82, 2.24) is 19.6 Å². The molecule has 1 aliphatic heterocycles. The van der Waals surface area contributed by atoms with Crippen LogP contribution >= 0.6 is 23.8 Å². The summed E-state index contributed by atoms with van der Waals surface area (Å²) in [6.07, 6.45) is 2.16. The highest BCUT2D eigenvalue weighted by Gasteiger charge is 2.20. The van der Waals surface area contributed by atoms with E-state index < -0.39 is 0 Å². The van der Waals surface area contributed by atoms with Gasteiger partial charge in [0.2, 0.25) is 0 Å². The van der Waals surface area contributed by atoms with E-state index in [0.29, 0.717) is 5.02 Å². The van der Waals surface area contributed by atoms with Gasteiger partial charge in [-0.1, -0.05) is 17.7 Å². The number of aromatic nitrogens is 2. The standard InChI is InChI=1S/C18H24ClN5S/c1-3-24-13-15(14(2)21-24)12-22-7-9-23(10-8-22)18(25)20-17-6-4-5-16(19)11-17/h4-6,11,13H,3,7-10,12H2,1-2H3,(H,20,25). The van der Waals surface area contributed by atoms with Gasteiger partial charge in [0, 0.05) is 61.7 Å². The second kappa shape index (κ2) is 8.17. The molecule has 25 heavy (non-hydrogen) atoms. The molecule has 1 aromatic carbocycles. The topological polar surface area (TPSA) is 36.3 Å². The number of thiocarbonyl (C=S) groups is 1. The van der Waals surface area contributed by atoms with E-state index in [4.69, 9.17) is 23.8 Å². The number of aryl methyl sites for hydroxylation is 2. The molecule has 1 aliphatic rings. The molecule has 0 radical (unpaired) electrons. The minimum atomic E-state index is 0.709. The van der Waals surface area contributed by atoms with E-state index in [1.54, 1.807) is 0 Å². The van der Waals surface area contributed by atoms with Crippen molar-refractivity contribution in [3.05, 3.63) is 46.7 Å². The van der Waals surface area contributed by atoms with Gasteiger partial charge in [0.1, 0.15) is 0 Å². The van der Waals surface area contributed by atoms with Crippen molar-refractivity contribution in [3.8, 4) is 0 Å². The number of hydrogen-bond acceptors (Lipinski definition) is 3. The van der Waals surface area contributed by atoms with Gasteiger partial charge >= 0.3 is 0 Å². The Bertz CT molecular complexity index is 737. The molecule has 134 valence electrons. The Morgan fingerprint density at radius 2 is 2.04 bits per heavy atom. The van der Waals surface area contributed by atoms with E-state index >= 15 is 0 Å². The highest BCUT2D eigenvalue weighted by Crippen LogP contribution is 2.16. The molecule has 5 nitrogen and oxygen atoms in total. The van der Waals surface area contributed by atoms with Crippen molar-refractivity contribution in [1.29, 1.82) is 0 Å². The normalized spacial score (nSPS) is 15.4. The summed E-state index contributed by atoms with van der Waals surface area (Å²) in [6, 6.07) is 7.64. The molecule has 7 heteroatoms. The molecule has 3 rings (SSSR count).